The van der Waals surface area contributed by atoms with Crippen molar-refractivity contribution < 1.29 is 8.78 Å². The molecule has 0 radical (unpaired) electrons. The van der Waals surface area contributed by atoms with Crippen molar-refractivity contribution in [2.45, 2.75) is 6.54 Å². The highest BCUT2D eigenvalue weighted by Gasteiger charge is 2.15. The maximum absolute atomic E-state index is 13.7. The molecule has 0 aliphatic carbocycles. The largest absolute Gasteiger partial charge is 0.366 e. The molecular formula is C9H6Br2F2N4. The number of hydrogen-bond acceptors (Lipinski definition) is 3. The van der Waals surface area contributed by atoms with Crippen LogP contribution in [0.15, 0.2) is 21.3 Å². The average Bonchev–Trinajstić information content (AvgIpc) is 2.58. The van der Waals surface area contributed by atoms with Gasteiger partial charge in [-0.2, -0.15) is 4.98 Å². The molecule has 0 aliphatic heterocycles. The summed E-state index contributed by atoms with van der Waals surface area (Å²) < 4.78 is 29.0. The summed E-state index contributed by atoms with van der Waals surface area (Å²) in [7, 11) is 0. The Morgan fingerprint density at radius 2 is 2.00 bits per heavy atom. The zero-order valence-electron chi connectivity index (χ0n) is 8.29. The van der Waals surface area contributed by atoms with Gasteiger partial charge in [-0.05, 0) is 44.0 Å². The predicted octanol–water partition coefficient (Wildman–Crippen LogP) is 2.71. The fourth-order valence-electron chi connectivity index (χ4n) is 1.30. The molecule has 0 saturated heterocycles. The zero-order chi connectivity index (χ0) is 12.6. The van der Waals surface area contributed by atoms with Gasteiger partial charge in [0.2, 0.25) is 5.95 Å². The third-order valence-electron chi connectivity index (χ3n) is 2.09. The SMILES string of the molecule is Nc1nc(Br)n(Cc2c(F)ccc(Br)c2F)n1. The average molecular weight is 368 g/mol. The molecule has 0 aliphatic rings. The van der Waals surface area contributed by atoms with Gasteiger partial charge in [-0.3, -0.25) is 0 Å². The van der Waals surface area contributed by atoms with Crippen LogP contribution in [0.4, 0.5) is 14.7 Å². The van der Waals surface area contributed by atoms with Gasteiger partial charge in [0.25, 0.3) is 0 Å². The van der Waals surface area contributed by atoms with E-state index in [1.165, 1.54) is 16.8 Å². The lowest BCUT2D eigenvalue weighted by molar-refractivity contribution is 0.526. The Morgan fingerprint density at radius 1 is 1.29 bits per heavy atom. The maximum Gasteiger partial charge on any atom is 0.240 e. The molecule has 0 amide bonds. The molecule has 0 bridgehead atoms. The molecule has 2 aromatic rings. The van der Waals surface area contributed by atoms with E-state index in [0.717, 1.165) is 0 Å². The number of nitrogen functional groups attached to an aromatic ring is 1. The van der Waals surface area contributed by atoms with Crippen LogP contribution in [0, 0.1) is 11.6 Å². The molecule has 2 N–H and O–H groups in total. The van der Waals surface area contributed by atoms with E-state index in [-0.39, 0.29) is 22.5 Å². The molecule has 0 fully saturated rings. The summed E-state index contributed by atoms with van der Waals surface area (Å²) in [4.78, 5) is 3.78. The Morgan fingerprint density at radius 3 is 2.59 bits per heavy atom. The van der Waals surface area contributed by atoms with Gasteiger partial charge in [-0.1, -0.05) is 0 Å². The fraction of sp³-hybridized carbons (Fsp3) is 0.111. The van der Waals surface area contributed by atoms with Gasteiger partial charge in [0.05, 0.1) is 11.0 Å². The molecule has 8 heteroatoms. The zero-order valence-corrected chi connectivity index (χ0v) is 11.5. The molecule has 1 aromatic heterocycles. The molecule has 0 atom stereocenters. The maximum atomic E-state index is 13.7. The van der Waals surface area contributed by atoms with Crippen LogP contribution < -0.4 is 5.73 Å². The summed E-state index contributed by atoms with van der Waals surface area (Å²) in [6.07, 6.45) is 0. The van der Waals surface area contributed by atoms with Crippen LogP contribution in [0.5, 0.6) is 0 Å². The Hall–Kier alpha value is -1.02. The van der Waals surface area contributed by atoms with Crippen molar-refractivity contribution in [3.8, 4) is 0 Å². The molecular weight excluding hydrogens is 362 g/mol. The minimum atomic E-state index is -0.661. The van der Waals surface area contributed by atoms with Gasteiger partial charge < -0.3 is 5.73 Å². The van der Waals surface area contributed by atoms with Crippen molar-refractivity contribution in [1.82, 2.24) is 14.8 Å². The number of hydrogen-bond donors (Lipinski definition) is 1. The van der Waals surface area contributed by atoms with Gasteiger partial charge in [0, 0.05) is 5.56 Å². The second-order valence-corrected chi connectivity index (χ2v) is 4.78. The van der Waals surface area contributed by atoms with E-state index in [4.69, 9.17) is 5.73 Å². The Bertz CT molecular complexity index is 570. The quantitative estimate of drug-likeness (QED) is 0.830. The van der Waals surface area contributed by atoms with Crippen LogP contribution in [0.2, 0.25) is 0 Å². The van der Waals surface area contributed by atoms with Crippen LogP contribution in [-0.4, -0.2) is 14.8 Å². The number of nitrogens with two attached hydrogens (primary N) is 1. The van der Waals surface area contributed by atoms with Crippen LogP contribution in [0.3, 0.4) is 0 Å². The molecule has 0 unspecified atom stereocenters. The first kappa shape index (κ1) is 12.4. The highest BCUT2D eigenvalue weighted by molar-refractivity contribution is 9.10. The summed E-state index contributed by atoms with van der Waals surface area (Å²) >= 11 is 6.09. The number of halogens is 4. The molecule has 2 rings (SSSR count). The highest BCUT2D eigenvalue weighted by Crippen LogP contribution is 2.23. The molecule has 17 heavy (non-hydrogen) atoms. The van der Waals surface area contributed by atoms with Crippen molar-refractivity contribution in [2.24, 2.45) is 0 Å². The van der Waals surface area contributed by atoms with Crippen LogP contribution in [0.1, 0.15) is 5.56 Å². The summed E-state index contributed by atoms with van der Waals surface area (Å²) in [5.41, 5.74) is 5.26. The predicted molar refractivity (Wildman–Crippen MR) is 65.3 cm³/mol. The number of anilines is 1. The van der Waals surface area contributed by atoms with E-state index in [1.807, 2.05) is 0 Å². The molecule has 0 spiro atoms. The Kier molecular flexibility index (Phi) is 3.43. The lowest BCUT2D eigenvalue weighted by atomic mass is 10.2. The summed E-state index contributed by atoms with van der Waals surface area (Å²) in [5.74, 6) is -1.27. The Balaban J connectivity index is 2.43. The highest BCUT2D eigenvalue weighted by atomic mass is 79.9. The van der Waals surface area contributed by atoms with E-state index < -0.39 is 11.6 Å². The smallest absolute Gasteiger partial charge is 0.240 e. The van der Waals surface area contributed by atoms with Crippen molar-refractivity contribution in [3.63, 3.8) is 0 Å². The molecule has 4 nitrogen and oxygen atoms in total. The van der Waals surface area contributed by atoms with Crippen LogP contribution in [-0.2, 0) is 6.54 Å². The number of nitrogens with zero attached hydrogens (tertiary/aromatic N) is 3. The first-order valence-electron chi connectivity index (χ1n) is 4.47. The second-order valence-electron chi connectivity index (χ2n) is 3.22. The minimum Gasteiger partial charge on any atom is -0.366 e. The Labute approximate surface area is 112 Å². The van der Waals surface area contributed by atoms with Crippen molar-refractivity contribution >= 4 is 37.8 Å². The normalized spacial score (nSPS) is 10.8. The van der Waals surface area contributed by atoms with Crippen LogP contribution in [0.25, 0.3) is 0 Å². The molecule has 0 saturated carbocycles. The van der Waals surface area contributed by atoms with E-state index >= 15 is 0 Å². The standard InChI is InChI=1S/C9H6Br2F2N4/c10-5-1-2-6(12)4(7(5)13)3-17-8(11)15-9(14)16-17/h1-2H,3H2,(H2,14,16). The second kappa shape index (κ2) is 4.69. The van der Waals surface area contributed by atoms with Crippen molar-refractivity contribution in [1.29, 1.82) is 0 Å². The van der Waals surface area contributed by atoms with E-state index in [0.29, 0.717) is 4.73 Å². The summed E-state index contributed by atoms with van der Waals surface area (Å²) in [5, 5.41) is 3.81. The van der Waals surface area contributed by atoms with Crippen LogP contribution >= 0.6 is 31.9 Å². The first-order valence-corrected chi connectivity index (χ1v) is 6.06. The summed E-state index contributed by atoms with van der Waals surface area (Å²) in [6, 6.07) is 2.48. The lowest BCUT2D eigenvalue weighted by Gasteiger charge is -2.06. The monoisotopic (exact) mass is 366 g/mol. The van der Waals surface area contributed by atoms with E-state index in [1.54, 1.807) is 0 Å². The molecule has 1 heterocycles. The molecule has 90 valence electrons. The van der Waals surface area contributed by atoms with Gasteiger partial charge in [0.15, 0.2) is 4.73 Å². The third-order valence-corrected chi connectivity index (χ3v) is 3.29. The van der Waals surface area contributed by atoms with E-state index in [2.05, 4.69) is 41.9 Å². The fourth-order valence-corrected chi connectivity index (χ4v) is 2.06. The van der Waals surface area contributed by atoms with Gasteiger partial charge in [-0.25, -0.2) is 13.5 Å². The van der Waals surface area contributed by atoms with Crippen molar-refractivity contribution in [2.75, 3.05) is 5.73 Å². The van der Waals surface area contributed by atoms with Crippen molar-refractivity contribution in [3.05, 3.63) is 38.5 Å². The number of rotatable bonds is 2. The van der Waals surface area contributed by atoms with Gasteiger partial charge >= 0.3 is 0 Å². The minimum absolute atomic E-state index is 0.0349. The van der Waals surface area contributed by atoms with Gasteiger partial charge in [0.1, 0.15) is 11.6 Å². The lowest BCUT2D eigenvalue weighted by Crippen LogP contribution is -2.07. The number of benzene rings is 1. The van der Waals surface area contributed by atoms with Gasteiger partial charge in [-0.15, -0.1) is 5.10 Å². The number of aromatic nitrogens is 3. The van der Waals surface area contributed by atoms with E-state index in [9.17, 15) is 8.78 Å². The summed E-state index contributed by atoms with van der Waals surface area (Å²) in [6.45, 7) is -0.0953. The first-order chi connectivity index (χ1) is 7.99. The topological polar surface area (TPSA) is 56.7 Å². The third kappa shape index (κ3) is 2.47. The molecule has 1 aromatic carbocycles.